The fourth-order valence-electron chi connectivity index (χ4n) is 1.18. The predicted molar refractivity (Wildman–Crippen MR) is 56.8 cm³/mol. The highest BCUT2D eigenvalue weighted by molar-refractivity contribution is 5.80. The summed E-state index contributed by atoms with van der Waals surface area (Å²) in [5.41, 5.74) is 5.96. The molecule has 15 heavy (non-hydrogen) atoms. The van der Waals surface area contributed by atoms with E-state index in [0.717, 1.165) is 0 Å². The molecule has 1 unspecified atom stereocenters. The molecule has 4 heteroatoms. The molecule has 1 atom stereocenters. The highest BCUT2D eigenvalue weighted by atomic mass is 19.1. The van der Waals surface area contributed by atoms with Gasteiger partial charge in [0, 0.05) is 6.54 Å². The second-order valence-electron chi connectivity index (χ2n) is 3.42. The van der Waals surface area contributed by atoms with Crippen LogP contribution in [-0.2, 0) is 11.2 Å². The summed E-state index contributed by atoms with van der Waals surface area (Å²) in [7, 11) is 0. The highest BCUT2D eigenvalue weighted by Gasteiger charge is 2.06. The second kappa shape index (κ2) is 5.46. The van der Waals surface area contributed by atoms with Crippen molar-refractivity contribution >= 4 is 5.91 Å². The van der Waals surface area contributed by atoms with Gasteiger partial charge in [-0.1, -0.05) is 18.2 Å². The van der Waals surface area contributed by atoms with E-state index in [1.807, 2.05) is 0 Å². The third kappa shape index (κ3) is 3.67. The zero-order chi connectivity index (χ0) is 11.3. The Labute approximate surface area is 88.5 Å². The van der Waals surface area contributed by atoms with E-state index < -0.39 is 6.04 Å². The van der Waals surface area contributed by atoms with Crippen LogP contribution in [0.4, 0.5) is 4.39 Å². The van der Waals surface area contributed by atoms with E-state index in [4.69, 9.17) is 5.73 Å². The Morgan fingerprint density at radius 2 is 2.20 bits per heavy atom. The van der Waals surface area contributed by atoms with Crippen molar-refractivity contribution < 1.29 is 9.18 Å². The molecule has 0 saturated heterocycles. The lowest BCUT2D eigenvalue weighted by molar-refractivity contribution is -0.121. The van der Waals surface area contributed by atoms with Gasteiger partial charge in [0.2, 0.25) is 5.91 Å². The number of hydrogen-bond donors (Lipinski definition) is 2. The first-order valence-electron chi connectivity index (χ1n) is 4.88. The van der Waals surface area contributed by atoms with E-state index in [0.29, 0.717) is 18.5 Å². The molecular weight excluding hydrogens is 195 g/mol. The van der Waals surface area contributed by atoms with Crippen LogP contribution in [0.15, 0.2) is 24.3 Å². The summed E-state index contributed by atoms with van der Waals surface area (Å²) in [6.45, 7) is 2.01. The fourth-order valence-corrected chi connectivity index (χ4v) is 1.18. The van der Waals surface area contributed by atoms with Crippen LogP contribution in [-0.4, -0.2) is 18.5 Å². The maximum atomic E-state index is 13.1. The molecule has 0 fully saturated rings. The number of carbonyl (C=O) groups is 1. The Morgan fingerprint density at radius 3 is 2.80 bits per heavy atom. The van der Waals surface area contributed by atoms with Gasteiger partial charge in [0.05, 0.1) is 6.04 Å². The van der Waals surface area contributed by atoms with E-state index in [1.54, 1.807) is 25.1 Å². The van der Waals surface area contributed by atoms with Gasteiger partial charge in [-0.25, -0.2) is 4.39 Å². The molecule has 1 aromatic rings. The lowest BCUT2D eigenvalue weighted by atomic mass is 10.1. The average Bonchev–Trinajstić information content (AvgIpc) is 2.20. The minimum atomic E-state index is -0.523. The Morgan fingerprint density at radius 1 is 1.53 bits per heavy atom. The van der Waals surface area contributed by atoms with Crippen molar-refractivity contribution in [1.82, 2.24) is 5.32 Å². The SMILES string of the molecule is CC(N)C(=O)NCCc1ccccc1F. The van der Waals surface area contributed by atoms with Crippen LogP contribution in [0.5, 0.6) is 0 Å². The first-order valence-corrected chi connectivity index (χ1v) is 4.88. The summed E-state index contributed by atoms with van der Waals surface area (Å²) in [5.74, 6) is -0.459. The van der Waals surface area contributed by atoms with Crippen molar-refractivity contribution in [2.75, 3.05) is 6.54 Å². The summed E-state index contributed by atoms with van der Waals surface area (Å²) in [4.78, 5) is 11.1. The molecule has 0 radical (unpaired) electrons. The topological polar surface area (TPSA) is 55.1 Å². The fraction of sp³-hybridized carbons (Fsp3) is 0.364. The van der Waals surface area contributed by atoms with Gasteiger partial charge in [-0.05, 0) is 25.0 Å². The first-order chi connectivity index (χ1) is 7.11. The molecule has 82 valence electrons. The molecule has 0 aliphatic carbocycles. The van der Waals surface area contributed by atoms with Crippen molar-refractivity contribution in [2.45, 2.75) is 19.4 Å². The third-order valence-electron chi connectivity index (χ3n) is 2.06. The summed E-state index contributed by atoms with van der Waals surface area (Å²) in [5, 5.41) is 2.63. The Balaban J connectivity index is 2.38. The van der Waals surface area contributed by atoms with E-state index in [2.05, 4.69) is 5.32 Å². The minimum Gasteiger partial charge on any atom is -0.354 e. The van der Waals surface area contributed by atoms with E-state index >= 15 is 0 Å². The molecule has 0 spiro atoms. The second-order valence-corrected chi connectivity index (χ2v) is 3.42. The number of nitrogens with two attached hydrogens (primary N) is 1. The van der Waals surface area contributed by atoms with Gasteiger partial charge in [-0.3, -0.25) is 4.79 Å². The lowest BCUT2D eigenvalue weighted by Gasteiger charge is -2.07. The van der Waals surface area contributed by atoms with Crippen LogP contribution in [0, 0.1) is 5.82 Å². The normalized spacial score (nSPS) is 12.2. The predicted octanol–water partition coefficient (Wildman–Crippen LogP) is 0.832. The first kappa shape index (κ1) is 11.7. The largest absolute Gasteiger partial charge is 0.354 e. The number of carbonyl (C=O) groups excluding carboxylic acids is 1. The molecule has 1 aromatic carbocycles. The van der Waals surface area contributed by atoms with Crippen LogP contribution in [0.3, 0.4) is 0 Å². The molecule has 0 saturated carbocycles. The van der Waals surface area contributed by atoms with E-state index in [-0.39, 0.29) is 11.7 Å². The van der Waals surface area contributed by atoms with Crippen LogP contribution in [0.25, 0.3) is 0 Å². The smallest absolute Gasteiger partial charge is 0.236 e. The minimum absolute atomic E-state index is 0.216. The summed E-state index contributed by atoms with van der Waals surface area (Å²) >= 11 is 0. The Hall–Kier alpha value is -1.42. The number of amides is 1. The van der Waals surface area contributed by atoms with Crippen molar-refractivity contribution in [1.29, 1.82) is 0 Å². The molecular formula is C11H15FN2O. The maximum absolute atomic E-state index is 13.1. The van der Waals surface area contributed by atoms with Crippen molar-refractivity contribution in [3.8, 4) is 0 Å². The summed E-state index contributed by atoms with van der Waals surface area (Å²) in [6.07, 6.45) is 0.477. The molecule has 0 heterocycles. The average molecular weight is 210 g/mol. The molecule has 1 amide bonds. The van der Waals surface area contributed by atoms with E-state index in [9.17, 15) is 9.18 Å². The molecule has 0 aliphatic rings. The number of rotatable bonds is 4. The quantitative estimate of drug-likeness (QED) is 0.773. The van der Waals surface area contributed by atoms with Gasteiger partial charge in [0.25, 0.3) is 0 Å². The van der Waals surface area contributed by atoms with Crippen molar-refractivity contribution in [3.63, 3.8) is 0 Å². The monoisotopic (exact) mass is 210 g/mol. The molecule has 1 rings (SSSR count). The Kier molecular flexibility index (Phi) is 4.24. The Bertz CT molecular complexity index is 339. The van der Waals surface area contributed by atoms with E-state index in [1.165, 1.54) is 6.07 Å². The van der Waals surface area contributed by atoms with Crippen molar-refractivity contribution in [2.24, 2.45) is 5.73 Å². The van der Waals surface area contributed by atoms with Gasteiger partial charge in [-0.15, -0.1) is 0 Å². The maximum Gasteiger partial charge on any atom is 0.236 e. The van der Waals surface area contributed by atoms with Gasteiger partial charge < -0.3 is 11.1 Å². The molecule has 3 N–H and O–H groups in total. The van der Waals surface area contributed by atoms with Crippen molar-refractivity contribution in [3.05, 3.63) is 35.6 Å². The van der Waals surface area contributed by atoms with Gasteiger partial charge in [0.15, 0.2) is 0 Å². The zero-order valence-electron chi connectivity index (χ0n) is 8.66. The number of halogens is 1. The summed E-state index contributed by atoms with van der Waals surface area (Å²) < 4.78 is 13.1. The number of hydrogen-bond acceptors (Lipinski definition) is 2. The zero-order valence-corrected chi connectivity index (χ0v) is 8.66. The lowest BCUT2D eigenvalue weighted by Crippen LogP contribution is -2.39. The standard InChI is InChI=1S/C11H15FN2O/c1-8(13)11(15)14-7-6-9-4-2-3-5-10(9)12/h2-5,8H,6-7,13H2,1H3,(H,14,15). The van der Waals surface area contributed by atoms with Gasteiger partial charge >= 0.3 is 0 Å². The summed E-state index contributed by atoms with van der Waals surface area (Å²) in [6, 6.07) is 5.99. The molecule has 0 aromatic heterocycles. The van der Waals surface area contributed by atoms with Gasteiger partial charge in [0.1, 0.15) is 5.82 Å². The highest BCUT2D eigenvalue weighted by Crippen LogP contribution is 2.05. The molecule has 0 aliphatic heterocycles. The number of benzene rings is 1. The van der Waals surface area contributed by atoms with Crippen LogP contribution >= 0.6 is 0 Å². The van der Waals surface area contributed by atoms with Crippen LogP contribution in [0.1, 0.15) is 12.5 Å². The van der Waals surface area contributed by atoms with Gasteiger partial charge in [-0.2, -0.15) is 0 Å². The van der Waals surface area contributed by atoms with Crippen LogP contribution < -0.4 is 11.1 Å². The van der Waals surface area contributed by atoms with Crippen LogP contribution in [0.2, 0.25) is 0 Å². The third-order valence-corrected chi connectivity index (χ3v) is 2.06. The number of nitrogens with one attached hydrogen (secondary N) is 1. The molecule has 3 nitrogen and oxygen atoms in total. The molecule has 0 bridgehead atoms.